The molecule has 0 unspecified atom stereocenters. The second-order valence-electron chi connectivity index (χ2n) is 5.40. The van der Waals surface area contributed by atoms with Gasteiger partial charge in [-0.05, 0) is 29.4 Å². The minimum Gasteiger partial charge on any atom is -0.490 e. The van der Waals surface area contributed by atoms with E-state index in [2.05, 4.69) is 69.6 Å². The van der Waals surface area contributed by atoms with Crippen LogP contribution in [0.15, 0.2) is 24.3 Å². The standard InChI is InChI=1S/C9H17OSi2.C3H9Si.2CH3.Pt/c1-12(2,3)10-11-8-9-6-4-5-7-9;1-4(2)3;;;/h4-9H,11H2,1-3H3;4H,1H2,2-3H3;2*1H3;/q4*-1;+4. The average molecular weight is 496 g/mol. The van der Waals surface area contributed by atoms with Crippen LogP contribution in [0.2, 0.25) is 32.7 Å². The third kappa shape index (κ3) is 24.2. The largest absolute Gasteiger partial charge is 4.00 e. The van der Waals surface area contributed by atoms with E-state index >= 15 is 0 Å². The average Bonchev–Trinajstić information content (AvgIpc) is 2.52. The molecule has 0 saturated heterocycles. The first kappa shape index (κ1) is 28.0. The molecule has 0 aromatic carbocycles. The summed E-state index contributed by atoms with van der Waals surface area (Å²) in [4.78, 5) is 0. The van der Waals surface area contributed by atoms with Crippen LogP contribution in [0.1, 0.15) is 0 Å². The Morgan fingerprint density at radius 1 is 1.16 bits per heavy atom. The summed E-state index contributed by atoms with van der Waals surface area (Å²) in [7, 11) is -2.02. The van der Waals surface area contributed by atoms with Gasteiger partial charge >= 0.3 is 21.1 Å². The van der Waals surface area contributed by atoms with Gasteiger partial charge in [0.05, 0.1) is 0 Å². The third-order valence-electron chi connectivity index (χ3n) is 1.66. The van der Waals surface area contributed by atoms with E-state index in [-0.39, 0.29) is 54.5 Å². The molecule has 116 valence electrons. The molecule has 0 aliphatic heterocycles. The first-order chi connectivity index (χ1) is 7.31. The zero-order chi connectivity index (χ0) is 12.6. The van der Waals surface area contributed by atoms with E-state index in [0.717, 1.165) is 0 Å². The van der Waals surface area contributed by atoms with Crippen LogP contribution in [-0.2, 0) is 25.2 Å². The first-order valence-electron chi connectivity index (χ1n) is 5.96. The van der Waals surface area contributed by atoms with Gasteiger partial charge in [0, 0.05) is 0 Å². The molecule has 0 aromatic heterocycles. The Bertz CT molecular complexity index is 221. The maximum absolute atomic E-state index is 5.85. The summed E-state index contributed by atoms with van der Waals surface area (Å²) >= 11 is 0. The molecular weight excluding hydrogens is 463 g/mol. The molecule has 0 amide bonds. The normalized spacial score (nSPS) is 13.6. The van der Waals surface area contributed by atoms with E-state index in [0.29, 0.717) is 5.92 Å². The molecule has 0 bridgehead atoms. The van der Waals surface area contributed by atoms with E-state index in [4.69, 9.17) is 4.12 Å². The van der Waals surface area contributed by atoms with Crippen LogP contribution in [0.4, 0.5) is 0 Å². The van der Waals surface area contributed by atoms with Crippen LogP contribution >= 0.6 is 0 Å². The minimum absolute atomic E-state index is 0. The fourth-order valence-electron chi connectivity index (χ4n) is 1.02. The van der Waals surface area contributed by atoms with Gasteiger partial charge in [0.25, 0.3) is 0 Å². The molecule has 1 aliphatic carbocycles. The molecule has 0 N–H and O–H groups in total. The molecule has 19 heavy (non-hydrogen) atoms. The minimum atomic E-state index is -1.25. The molecule has 5 heteroatoms. The van der Waals surface area contributed by atoms with Gasteiger partial charge in [-0.1, -0.05) is 25.2 Å². The molecule has 0 spiro atoms. The summed E-state index contributed by atoms with van der Waals surface area (Å²) in [5.74, 6) is 0.563. The second kappa shape index (κ2) is 15.2. The van der Waals surface area contributed by atoms with Crippen molar-refractivity contribution in [1.82, 2.24) is 0 Å². The maximum Gasteiger partial charge on any atom is 4.00 e. The Morgan fingerprint density at radius 2 is 1.53 bits per heavy atom. The Morgan fingerprint density at radius 3 is 1.84 bits per heavy atom. The van der Waals surface area contributed by atoms with E-state index in [9.17, 15) is 0 Å². The summed E-state index contributed by atoms with van der Waals surface area (Å²) in [6.45, 7) is 14.9. The topological polar surface area (TPSA) is 9.23 Å². The number of hydrogen-bond acceptors (Lipinski definition) is 1. The van der Waals surface area contributed by atoms with Crippen molar-refractivity contribution < 1.29 is 25.2 Å². The van der Waals surface area contributed by atoms with Crippen LogP contribution in [0.5, 0.6) is 0 Å². The molecule has 0 saturated carbocycles. The summed E-state index contributed by atoms with van der Waals surface area (Å²) in [6.07, 6.45) is 8.62. The van der Waals surface area contributed by atoms with Gasteiger partial charge in [0.1, 0.15) is 0 Å². The molecule has 0 heterocycles. The maximum atomic E-state index is 5.85. The van der Waals surface area contributed by atoms with Crippen LogP contribution in [-0.4, -0.2) is 26.9 Å². The monoisotopic (exact) mass is 495 g/mol. The predicted molar refractivity (Wildman–Crippen MR) is 96.1 cm³/mol. The van der Waals surface area contributed by atoms with Crippen molar-refractivity contribution in [2.45, 2.75) is 32.7 Å². The van der Waals surface area contributed by atoms with Crippen molar-refractivity contribution >= 4 is 26.9 Å². The van der Waals surface area contributed by atoms with Crippen molar-refractivity contribution in [2.75, 3.05) is 0 Å². The van der Waals surface area contributed by atoms with Gasteiger partial charge in [-0.25, -0.2) is 0 Å². The zero-order valence-corrected chi connectivity index (χ0v) is 19.5. The molecule has 1 aliphatic rings. The number of allylic oxidation sites excluding steroid dienone is 4. The molecule has 0 fully saturated rings. The fourth-order valence-corrected chi connectivity index (χ4v) is 3.94. The van der Waals surface area contributed by atoms with Crippen LogP contribution in [0, 0.1) is 33.4 Å². The van der Waals surface area contributed by atoms with Crippen molar-refractivity contribution in [1.29, 1.82) is 0 Å². The third-order valence-corrected chi connectivity index (χ3v) is 6.53. The van der Waals surface area contributed by atoms with Gasteiger partial charge in [0.15, 0.2) is 8.32 Å². The molecule has 1 rings (SSSR count). The van der Waals surface area contributed by atoms with Crippen LogP contribution < -0.4 is 0 Å². The van der Waals surface area contributed by atoms with Crippen molar-refractivity contribution in [2.24, 2.45) is 5.92 Å². The van der Waals surface area contributed by atoms with Gasteiger partial charge < -0.3 is 25.5 Å². The van der Waals surface area contributed by atoms with Crippen molar-refractivity contribution in [3.8, 4) is 0 Å². The van der Waals surface area contributed by atoms with Gasteiger partial charge in [0.2, 0.25) is 0 Å². The van der Waals surface area contributed by atoms with Crippen LogP contribution in [0.25, 0.3) is 0 Å². The first-order valence-corrected chi connectivity index (χ1v) is 13.9. The summed E-state index contributed by atoms with van der Waals surface area (Å²) in [5.41, 5.74) is 0. The molecule has 0 atom stereocenters. The number of rotatable bonds is 4. The van der Waals surface area contributed by atoms with E-state index in [1.54, 1.807) is 0 Å². The van der Waals surface area contributed by atoms with Gasteiger partial charge in [-0.15, -0.1) is 26.9 Å². The van der Waals surface area contributed by atoms with E-state index in [1.165, 1.54) is 0 Å². The Balaban J connectivity index is -0.000000144. The molecule has 0 aromatic rings. The number of hydrogen-bond donors (Lipinski definition) is 0. The summed E-state index contributed by atoms with van der Waals surface area (Å²) < 4.78 is 5.85. The predicted octanol–water partition coefficient (Wildman–Crippen LogP) is 3.57. The molecule has 0 radical (unpaired) electrons. The second-order valence-corrected chi connectivity index (χ2v) is 14.4. The summed E-state index contributed by atoms with van der Waals surface area (Å²) in [6, 6.07) is 2.35. The van der Waals surface area contributed by atoms with Crippen LogP contribution in [0.3, 0.4) is 0 Å². The zero-order valence-electron chi connectivity index (χ0n) is 13.7. The van der Waals surface area contributed by atoms with Crippen molar-refractivity contribution in [3.05, 3.63) is 51.7 Å². The van der Waals surface area contributed by atoms with Gasteiger partial charge in [-0.2, -0.15) is 0 Å². The SMILES string of the molecule is C[Si](C)(C)O[SiH2][CH-]C1C=CC=C1.[CH2-][SiH](C)C.[CH3-].[CH3-].[Pt+4]. The Labute approximate surface area is 142 Å². The summed E-state index contributed by atoms with van der Waals surface area (Å²) in [5, 5.41) is 0. The molecular formula is C14H32OPtSi3. The molecule has 1 nitrogen and oxygen atoms in total. The smallest absolute Gasteiger partial charge is 0.490 e. The van der Waals surface area contributed by atoms with Crippen molar-refractivity contribution in [3.63, 3.8) is 0 Å². The van der Waals surface area contributed by atoms with E-state index < -0.39 is 8.32 Å². The fraction of sp³-hybridized carbons (Fsp3) is 0.429. The van der Waals surface area contributed by atoms with E-state index in [1.807, 2.05) is 0 Å². The van der Waals surface area contributed by atoms with Gasteiger partial charge in [-0.3, -0.25) is 6.04 Å². The quantitative estimate of drug-likeness (QED) is 0.428. The Hall–Kier alpha value is 0.779. The Kier molecular flexibility index (Phi) is 22.4.